The van der Waals surface area contributed by atoms with Gasteiger partial charge in [0.25, 0.3) is 5.41 Å². The zero-order valence-electron chi connectivity index (χ0n) is 7.87. The molecule has 16 heavy (non-hydrogen) atoms. The maximum Gasteiger partial charge on any atom is 0.417 e. The Morgan fingerprint density at radius 1 is 1.19 bits per heavy atom. The summed E-state index contributed by atoms with van der Waals surface area (Å²) in [6.45, 7) is 0.841. The minimum absolute atomic E-state index is 0.213. The fourth-order valence-corrected chi connectivity index (χ4v) is 1.40. The Morgan fingerprint density at radius 2 is 1.62 bits per heavy atom. The monoisotopic (exact) mass is 248 g/mol. The number of hydrogen-bond acceptors (Lipinski definition) is 2. The third kappa shape index (κ3) is 1.39. The Kier molecular flexibility index (Phi) is 2.73. The number of allylic oxidation sites excluding steroid dienone is 2. The van der Waals surface area contributed by atoms with E-state index in [1.54, 1.807) is 0 Å². The van der Waals surface area contributed by atoms with Gasteiger partial charge in [0.1, 0.15) is 5.76 Å². The van der Waals surface area contributed by atoms with Gasteiger partial charge in [0.15, 0.2) is 5.78 Å². The smallest absolute Gasteiger partial charge is 0.417 e. The van der Waals surface area contributed by atoms with Crippen LogP contribution in [0.1, 0.15) is 6.92 Å². The topological polar surface area (TPSA) is 26.3 Å². The quantitative estimate of drug-likeness (QED) is 0.702. The van der Waals surface area contributed by atoms with Crippen LogP contribution in [0.4, 0.5) is 26.3 Å². The van der Waals surface area contributed by atoms with Crippen LogP contribution >= 0.6 is 0 Å². The Hall–Kier alpha value is -1.21. The van der Waals surface area contributed by atoms with Gasteiger partial charge >= 0.3 is 12.4 Å². The molecule has 0 radical (unpaired) electrons. The molecule has 0 aromatic heterocycles. The van der Waals surface area contributed by atoms with Crippen LogP contribution in [0.3, 0.4) is 0 Å². The lowest BCUT2D eigenvalue weighted by Gasteiger charge is -2.41. The molecule has 0 spiro atoms. The predicted octanol–water partition coefficient (Wildman–Crippen LogP) is 2.60. The van der Waals surface area contributed by atoms with Gasteiger partial charge in [-0.15, -0.1) is 0 Å². The molecule has 0 heterocycles. The lowest BCUT2D eigenvalue weighted by molar-refractivity contribution is -0.323. The highest BCUT2D eigenvalue weighted by Gasteiger charge is 2.81. The van der Waals surface area contributed by atoms with Gasteiger partial charge in [-0.2, -0.15) is 26.3 Å². The summed E-state index contributed by atoms with van der Waals surface area (Å²) in [4.78, 5) is 10.7. The van der Waals surface area contributed by atoms with Gasteiger partial charge in [-0.25, -0.2) is 0 Å². The van der Waals surface area contributed by atoms with E-state index in [2.05, 4.69) is 4.74 Å². The minimum Gasteiger partial charge on any atom is -0.496 e. The maximum atomic E-state index is 12.4. The van der Waals surface area contributed by atoms with E-state index in [0.29, 0.717) is 0 Å². The normalized spacial score (nSPS) is 20.2. The first-order chi connectivity index (χ1) is 7.09. The van der Waals surface area contributed by atoms with Crippen LogP contribution in [0, 0.1) is 5.41 Å². The molecule has 1 rings (SSSR count). The summed E-state index contributed by atoms with van der Waals surface area (Å²) in [6.07, 6.45) is -11.3. The second-order valence-corrected chi connectivity index (χ2v) is 3.05. The van der Waals surface area contributed by atoms with E-state index in [0.717, 1.165) is 0 Å². The molecule has 0 atom stereocenters. The Morgan fingerprint density at radius 3 is 1.88 bits per heavy atom. The third-order valence-corrected chi connectivity index (χ3v) is 2.15. The van der Waals surface area contributed by atoms with E-state index in [1.807, 2.05) is 0 Å². The summed E-state index contributed by atoms with van der Waals surface area (Å²) in [5.74, 6) is -3.43. The number of carbonyl (C=O) groups is 1. The average molecular weight is 248 g/mol. The highest BCUT2D eigenvalue weighted by Crippen LogP contribution is 2.60. The summed E-state index contributed by atoms with van der Waals surface area (Å²) in [5, 5.41) is 0. The van der Waals surface area contributed by atoms with Crippen molar-refractivity contribution < 1.29 is 35.9 Å². The summed E-state index contributed by atoms with van der Waals surface area (Å²) >= 11 is 0. The van der Waals surface area contributed by atoms with E-state index in [-0.39, 0.29) is 12.7 Å². The van der Waals surface area contributed by atoms with Crippen molar-refractivity contribution in [3.63, 3.8) is 0 Å². The van der Waals surface area contributed by atoms with Crippen molar-refractivity contribution in [3.05, 3.63) is 11.8 Å². The minimum atomic E-state index is -5.75. The van der Waals surface area contributed by atoms with Crippen molar-refractivity contribution in [2.24, 2.45) is 5.41 Å². The predicted molar refractivity (Wildman–Crippen MR) is 39.3 cm³/mol. The summed E-state index contributed by atoms with van der Waals surface area (Å²) in [6, 6.07) is 0. The van der Waals surface area contributed by atoms with E-state index >= 15 is 0 Å². The molecule has 0 aromatic carbocycles. The van der Waals surface area contributed by atoms with Crippen molar-refractivity contribution >= 4 is 5.78 Å². The number of hydrogen-bond donors (Lipinski definition) is 0. The molecule has 0 bridgehead atoms. The largest absolute Gasteiger partial charge is 0.496 e. The highest BCUT2D eigenvalue weighted by atomic mass is 19.4. The second-order valence-electron chi connectivity index (χ2n) is 3.05. The van der Waals surface area contributed by atoms with Crippen molar-refractivity contribution in [3.8, 4) is 0 Å². The van der Waals surface area contributed by atoms with Gasteiger partial charge in [0.2, 0.25) is 0 Å². The van der Waals surface area contributed by atoms with E-state index in [4.69, 9.17) is 0 Å². The fourth-order valence-electron chi connectivity index (χ4n) is 1.40. The number of alkyl halides is 6. The highest BCUT2D eigenvalue weighted by molar-refractivity contribution is 6.05. The van der Waals surface area contributed by atoms with Gasteiger partial charge in [-0.05, 0) is 6.92 Å². The zero-order chi connectivity index (χ0) is 12.8. The van der Waals surface area contributed by atoms with E-state index in [1.165, 1.54) is 6.92 Å². The molecule has 8 heteroatoms. The first-order valence-electron chi connectivity index (χ1n) is 4.12. The van der Waals surface area contributed by atoms with Crippen LogP contribution < -0.4 is 0 Å². The van der Waals surface area contributed by atoms with Gasteiger partial charge in [-0.3, -0.25) is 4.79 Å². The van der Waals surface area contributed by atoms with Crippen molar-refractivity contribution in [2.75, 3.05) is 6.61 Å². The molecule has 0 saturated carbocycles. The molecular weight excluding hydrogens is 242 g/mol. The summed E-state index contributed by atoms with van der Waals surface area (Å²) in [5.41, 5.74) is -4.48. The molecule has 1 aliphatic rings. The summed E-state index contributed by atoms with van der Waals surface area (Å²) in [7, 11) is 0. The number of rotatable bonds is 2. The lowest BCUT2D eigenvalue weighted by Crippen LogP contribution is -2.61. The molecule has 0 aromatic rings. The lowest BCUT2D eigenvalue weighted by atomic mass is 9.71. The van der Waals surface area contributed by atoms with E-state index < -0.39 is 29.3 Å². The Bertz CT molecular complexity index is 323. The number of carbonyl (C=O) groups excluding carboxylic acids is 1. The number of ketones is 1. The van der Waals surface area contributed by atoms with Crippen LogP contribution in [0.5, 0.6) is 0 Å². The maximum absolute atomic E-state index is 12.4. The molecule has 1 aliphatic carbocycles. The molecule has 0 N–H and O–H groups in total. The fraction of sp³-hybridized carbons (Fsp3) is 0.625. The van der Waals surface area contributed by atoms with Crippen molar-refractivity contribution in [2.45, 2.75) is 19.3 Å². The standard InChI is InChI=1S/C8H6F6O2/c1-2-16-5-3-4(15)6(5,7(9,10)11)8(12,13)14/h3H,2H2,1H3. The Labute approximate surface area is 85.9 Å². The molecule has 92 valence electrons. The SMILES string of the molecule is CCOC1=CC(=O)C1(C(F)(F)F)C(F)(F)F. The average Bonchev–Trinajstić information content (AvgIpc) is 1.97. The van der Waals surface area contributed by atoms with Crippen LogP contribution in [-0.2, 0) is 9.53 Å². The van der Waals surface area contributed by atoms with E-state index in [9.17, 15) is 31.1 Å². The molecule has 0 aliphatic heterocycles. The molecule has 0 fully saturated rings. The first-order valence-corrected chi connectivity index (χ1v) is 4.12. The van der Waals surface area contributed by atoms with Crippen molar-refractivity contribution in [1.29, 1.82) is 0 Å². The molecule has 0 amide bonds. The van der Waals surface area contributed by atoms with Crippen LogP contribution in [0.15, 0.2) is 11.8 Å². The zero-order valence-corrected chi connectivity index (χ0v) is 7.87. The number of ether oxygens (including phenoxy) is 1. The molecule has 0 unspecified atom stereocenters. The van der Waals surface area contributed by atoms with Gasteiger partial charge < -0.3 is 4.74 Å². The summed E-state index contributed by atoms with van der Waals surface area (Å²) < 4.78 is 78.7. The van der Waals surface area contributed by atoms with Crippen LogP contribution in [0.25, 0.3) is 0 Å². The van der Waals surface area contributed by atoms with Gasteiger partial charge in [0, 0.05) is 6.08 Å². The molecular formula is C8H6F6O2. The Balaban J connectivity index is 3.30. The van der Waals surface area contributed by atoms with Crippen LogP contribution in [-0.4, -0.2) is 24.7 Å². The molecule has 0 saturated heterocycles. The van der Waals surface area contributed by atoms with Gasteiger partial charge in [0.05, 0.1) is 6.61 Å². The number of halogens is 6. The van der Waals surface area contributed by atoms with Crippen molar-refractivity contribution in [1.82, 2.24) is 0 Å². The van der Waals surface area contributed by atoms with Gasteiger partial charge in [-0.1, -0.05) is 0 Å². The third-order valence-electron chi connectivity index (χ3n) is 2.15. The second kappa shape index (κ2) is 3.39. The first kappa shape index (κ1) is 12.9. The molecule has 2 nitrogen and oxygen atoms in total. The van der Waals surface area contributed by atoms with Crippen LogP contribution in [0.2, 0.25) is 0 Å².